The van der Waals surface area contributed by atoms with E-state index in [0.29, 0.717) is 17.9 Å². The number of para-hydroxylation sites is 1. The second kappa shape index (κ2) is 7.13. The zero-order chi connectivity index (χ0) is 21.9. The number of rotatable bonds is 5. The van der Waals surface area contributed by atoms with Crippen LogP contribution >= 0.6 is 0 Å². The third-order valence-corrected chi connectivity index (χ3v) is 7.18. The second-order valence-corrected chi connectivity index (χ2v) is 8.77. The van der Waals surface area contributed by atoms with Crippen LogP contribution in [-0.2, 0) is 5.54 Å². The molecule has 0 aliphatic heterocycles. The van der Waals surface area contributed by atoms with E-state index in [1.54, 1.807) is 0 Å². The summed E-state index contributed by atoms with van der Waals surface area (Å²) in [5.41, 5.74) is 2.91. The van der Waals surface area contributed by atoms with Crippen LogP contribution in [0.5, 0.6) is 0 Å². The summed E-state index contributed by atoms with van der Waals surface area (Å²) in [7, 11) is 0. The van der Waals surface area contributed by atoms with Crippen LogP contribution in [0.15, 0.2) is 73.2 Å². The number of fused-ring (bicyclic) bond motifs is 2. The maximum Gasteiger partial charge on any atom is 0.146 e. The molecule has 2 aliphatic rings. The molecule has 0 saturated heterocycles. The minimum Gasteiger partial charge on any atom is -0.396 e. The predicted molar refractivity (Wildman–Crippen MR) is 121 cm³/mol. The van der Waals surface area contributed by atoms with Crippen LogP contribution in [0.2, 0.25) is 0 Å². The van der Waals surface area contributed by atoms with Gasteiger partial charge in [-0.05, 0) is 30.0 Å². The number of benzene rings is 2. The van der Waals surface area contributed by atoms with Gasteiger partial charge < -0.3 is 25.2 Å². The van der Waals surface area contributed by atoms with Crippen LogP contribution < -0.4 is 5.32 Å². The highest BCUT2D eigenvalue weighted by Gasteiger charge is 2.72. The Labute approximate surface area is 185 Å². The maximum atomic E-state index is 11.0. The molecule has 0 spiro atoms. The normalized spacial score (nSPS) is 28.6. The molecule has 2 fully saturated rings. The predicted octanol–water partition coefficient (Wildman–Crippen LogP) is 2.90. The summed E-state index contributed by atoms with van der Waals surface area (Å²) in [6.07, 6.45) is 2.30. The molecule has 0 bridgehead atoms. The molecule has 2 aliphatic carbocycles. The molecule has 0 radical (unpaired) electrons. The van der Waals surface area contributed by atoms with Gasteiger partial charge in [0.15, 0.2) is 0 Å². The summed E-state index contributed by atoms with van der Waals surface area (Å²) in [5, 5.41) is 35.6. The van der Waals surface area contributed by atoms with E-state index in [1.165, 1.54) is 6.33 Å². The number of hydrogen-bond donors (Lipinski definition) is 4. The highest BCUT2D eigenvalue weighted by molar-refractivity contribution is 6.02. The van der Waals surface area contributed by atoms with Crippen LogP contribution in [-0.4, -0.2) is 48.7 Å². The third kappa shape index (κ3) is 2.65. The van der Waals surface area contributed by atoms with Gasteiger partial charge in [0.25, 0.3) is 0 Å². The van der Waals surface area contributed by atoms with Crippen molar-refractivity contribution in [1.82, 2.24) is 14.5 Å². The molecular weight excluding hydrogens is 404 g/mol. The van der Waals surface area contributed by atoms with Gasteiger partial charge >= 0.3 is 0 Å². The molecule has 2 aromatic heterocycles. The largest absolute Gasteiger partial charge is 0.396 e. The second-order valence-electron chi connectivity index (χ2n) is 8.77. The van der Waals surface area contributed by atoms with Gasteiger partial charge in [-0.15, -0.1) is 0 Å². The zero-order valence-corrected chi connectivity index (χ0v) is 17.3. The van der Waals surface area contributed by atoms with Gasteiger partial charge in [-0.1, -0.05) is 48.5 Å². The maximum absolute atomic E-state index is 11.0. The van der Waals surface area contributed by atoms with Crippen molar-refractivity contribution in [3.05, 3.63) is 73.2 Å². The average molecular weight is 428 g/mol. The summed E-state index contributed by atoms with van der Waals surface area (Å²) < 4.78 is 2.01. The van der Waals surface area contributed by atoms with E-state index in [4.69, 9.17) is 0 Å². The Balaban J connectivity index is 1.57. The lowest BCUT2D eigenvalue weighted by Crippen LogP contribution is -2.38. The van der Waals surface area contributed by atoms with Crippen LogP contribution in [0.25, 0.3) is 22.2 Å². The van der Waals surface area contributed by atoms with Crippen molar-refractivity contribution in [1.29, 1.82) is 0 Å². The standard InChI is InChI=1S/C25H24N4O3/c30-13-18-19-11-25(19,22(32)21(18)31)29-12-17(15-7-3-1-4-8-15)20-23(26-14-27-24(20)29)28-16-9-5-2-6-10-16/h1-10,12,14,18-19,21-22,30-32H,11,13H2,(H,26,27,28)/t18-,19-,21-,22?,25+/m0/s1. The Morgan fingerprint density at radius 2 is 1.72 bits per heavy atom. The molecule has 162 valence electrons. The SMILES string of the molecule is OC[C@@H]1[C@H](O)C(O)[C@@]2(n3cc(-c4ccccc4)c4c(Nc5ccccc5)ncnc43)C[C@@H]12. The Bertz CT molecular complexity index is 1280. The molecule has 7 nitrogen and oxygen atoms in total. The minimum atomic E-state index is -0.968. The van der Waals surface area contributed by atoms with Gasteiger partial charge in [-0.3, -0.25) is 0 Å². The number of nitrogens with zero attached hydrogens (tertiary/aromatic N) is 3. The number of aromatic nitrogens is 3. The molecule has 5 atom stereocenters. The lowest BCUT2D eigenvalue weighted by molar-refractivity contribution is -0.0271. The summed E-state index contributed by atoms with van der Waals surface area (Å²) in [5.74, 6) is 0.336. The lowest BCUT2D eigenvalue weighted by Gasteiger charge is -2.24. The van der Waals surface area contributed by atoms with E-state index < -0.39 is 17.7 Å². The molecule has 4 N–H and O–H groups in total. The van der Waals surface area contributed by atoms with E-state index in [1.807, 2.05) is 71.4 Å². The molecule has 1 unspecified atom stereocenters. The van der Waals surface area contributed by atoms with E-state index in [9.17, 15) is 15.3 Å². The molecule has 2 heterocycles. The van der Waals surface area contributed by atoms with Crippen LogP contribution in [0, 0.1) is 11.8 Å². The molecule has 4 aromatic rings. The third-order valence-electron chi connectivity index (χ3n) is 7.18. The number of aliphatic hydroxyl groups is 3. The van der Waals surface area contributed by atoms with Crippen molar-refractivity contribution in [2.75, 3.05) is 11.9 Å². The first-order chi connectivity index (χ1) is 15.6. The van der Waals surface area contributed by atoms with E-state index in [0.717, 1.165) is 22.2 Å². The quantitative estimate of drug-likeness (QED) is 0.390. The highest BCUT2D eigenvalue weighted by atomic mass is 16.3. The Morgan fingerprint density at radius 3 is 2.41 bits per heavy atom. The number of anilines is 2. The molecule has 2 saturated carbocycles. The fourth-order valence-corrected chi connectivity index (χ4v) is 5.55. The fraction of sp³-hybridized carbons (Fsp3) is 0.280. The van der Waals surface area contributed by atoms with Crippen LogP contribution in [0.1, 0.15) is 6.42 Å². The molecular formula is C25H24N4O3. The van der Waals surface area contributed by atoms with Crippen molar-refractivity contribution in [2.24, 2.45) is 11.8 Å². The van der Waals surface area contributed by atoms with Crippen molar-refractivity contribution in [2.45, 2.75) is 24.2 Å². The van der Waals surface area contributed by atoms with Gasteiger partial charge in [0.1, 0.15) is 23.9 Å². The average Bonchev–Trinajstić information content (AvgIpc) is 3.37. The van der Waals surface area contributed by atoms with Crippen LogP contribution in [0.3, 0.4) is 0 Å². The van der Waals surface area contributed by atoms with Crippen molar-refractivity contribution in [3.8, 4) is 11.1 Å². The summed E-state index contributed by atoms with van der Waals surface area (Å²) in [6.45, 7) is -0.148. The van der Waals surface area contributed by atoms with Gasteiger partial charge in [-0.2, -0.15) is 0 Å². The first kappa shape index (κ1) is 19.4. The Morgan fingerprint density at radius 1 is 1.00 bits per heavy atom. The fourth-order valence-electron chi connectivity index (χ4n) is 5.55. The lowest BCUT2D eigenvalue weighted by atomic mass is 10.0. The van der Waals surface area contributed by atoms with Crippen molar-refractivity contribution < 1.29 is 15.3 Å². The van der Waals surface area contributed by atoms with E-state index >= 15 is 0 Å². The number of nitrogens with one attached hydrogen (secondary N) is 1. The molecule has 0 amide bonds. The van der Waals surface area contributed by atoms with Crippen molar-refractivity contribution >= 4 is 22.5 Å². The van der Waals surface area contributed by atoms with Gasteiger partial charge in [0.2, 0.25) is 0 Å². The summed E-state index contributed by atoms with van der Waals surface area (Å²) >= 11 is 0. The molecule has 2 aromatic carbocycles. The van der Waals surface area contributed by atoms with E-state index in [2.05, 4.69) is 15.3 Å². The Hall–Kier alpha value is -3.26. The van der Waals surface area contributed by atoms with Gasteiger partial charge in [0.05, 0.1) is 17.0 Å². The topological polar surface area (TPSA) is 103 Å². The van der Waals surface area contributed by atoms with Gasteiger partial charge in [-0.25, -0.2) is 9.97 Å². The van der Waals surface area contributed by atoms with Gasteiger partial charge in [0, 0.05) is 30.0 Å². The zero-order valence-electron chi connectivity index (χ0n) is 17.3. The monoisotopic (exact) mass is 428 g/mol. The highest BCUT2D eigenvalue weighted by Crippen LogP contribution is 2.65. The smallest absolute Gasteiger partial charge is 0.146 e. The minimum absolute atomic E-state index is 0.00257. The van der Waals surface area contributed by atoms with Crippen LogP contribution in [0.4, 0.5) is 11.5 Å². The first-order valence-corrected chi connectivity index (χ1v) is 10.9. The molecule has 6 rings (SSSR count). The Kier molecular flexibility index (Phi) is 4.33. The number of aliphatic hydroxyl groups excluding tert-OH is 3. The van der Waals surface area contributed by atoms with E-state index in [-0.39, 0.29) is 18.4 Å². The molecule has 32 heavy (non-hydrogen) atoms. The summed E-state index contributed by atoms with van der Waals surface area (Å²) in [6, 6.07) is 19.9. The summed E-state index contributed by atoms with van der Waals surface area (Å²) in [4.78, 5) is 9.16. The molecule has 7 heteroatoms. The van der Waals surface area contributed by atoms with Crippen molar-refractivity contribution in [3.63, 3.8) is 0 Å². The first-order valence-electron chi connectivity index (χ1n) is 10.9. The number of hydrogen-bond acceptors (Lipinski definition) is 6.